The number of rotatable bonds is 4. The fourth-order valence-corrected chi connectivity index (χ4v) is 2.94. The predicted octanol–water partition coefficient (Wildman–Crippen LogP) is 3.71. The van der Waals surface area contributed by atoms with Gasteiger partial charge < -0.3 is 15.1 Å². The van der Waals surface area contributed by atoms with Crippen molar-refractivity contribution < 1.29 is 4.42 Å². The van der Waals surface area contributed by atoms with E-state index < -0.39 is 0 Å². The third kappa shape index (κ3) is 4.98. The van der Waals surface area contributed by atoms with Crippen LogP contribution in [0, 0.1) is 20.8 Å². The zero-order chi connectivity index (χ0) is 15.4. The number of guanidine groups is 1. The molecule has 22 heavy (non-hydrogen) atoms. The van der Waals surface area contributed by atoms with Crippen LogP contribution in [0.2, 0.25) is 0 Å². The number of hydrogen-bond acceptors (Lipinski definition) is 4. The highest BCUT2D eigenvalue weighted by Crippen LogP contribution is 2.17. The lowest BCUT2D eigenvalue weighted by atomic mass is 10.2. The van der Waals surface area contributed by atoms with Crippen LogP contribution in [0.1, 0.15) is 40.1 Å². The Balaban J connectivity index is 0.00000242. The van der Waals surface area contributed by atoms with Crippen molar-refractivity contribution in [3.05, 3.63) is 39.2 Å². The van der Waals surface area contributed by atoms with Crippen molar-refractivity contribution >= 4 is 41.3 Å². The lowest BCUT2D eigenvalue weighted by Gasteiger charge is -2.16. The van der Waals surface area contributed by atoms with Crippen molar-refractivity contribution in [1.29, 1.82) is 0 Å². The minimum atomic E-state index is 0. The van der Waals surface area contributed by atoms with Gasteiger partial charge in [0.25, 0.3) is 0 Å². The van der Waals surface area contributed by atoms with E-state index in [1.165, 1.54) is 4.88 Å². The summed E-state index contributed by atoms with van der Waals surface area (Å²) in [5.41, 5.74) is 1.08. The van der Waals surface area contributed by atoms with E-state index in [1.54, 1.807) is 18.4 Å². The molecule has 2 aromatic rings. The van der Waals surface area contributed by atoms with Gasteiger partial charge in [0.05, 0.1) is 23.3 Å². The van der Waals surface area contributed by atoms with Crippen molar-refractivity contribution in [3.8, 4) is 0 Å². The minimum Gasteiger partial charge on any atom is -0.464 e. The minimum absolute atomic E-state index is 0. The Morgan fingerprint density at radius 2 is 2.09 bits per heavy atom. The Morgan fingerprint density at radius 3 is 2.59 bits per heavy atom. The number of aliphatic imine (C=N–C) groups is 1. The summed E-state index contributed by atoms with van der Waals surface area (Å²) in [6.07, 6.45) is 0. The maximum atomic E-state index is 5.62. The van der Waals surface area contributed by atoms with Crippen molar-refractivity contribution in [1.82, 2.24) is 15.6 Å². The molecule has 0 spiro atoms. The first kappa shape index (κ1) is 19.0. The molecular formula is C15H23IN4OS. The van der Waals surface area contributed by atoms with E-state index >= 15 is 0 Å². The van der Waals surface area contributed by atoms with E-state index in [0.29, 0.717) is 0 Å². The Hall–Kier alpha value is -1.09. The third-order valence-corrected chi connectivity index (χ3v) is 4.25. The average molecular weight is 434 g/mol. The molecular weight excluding hydrogens is 411 g/mol. The van der Waals surface area contributed by atoms with Crippen LogP contribution in [0.15, 0.2) is 21.5 Å². The summed E-state index contributed by atoms with van der Waals surface area (Å²) in [5, 5.41) is 7.73. The van der Waals surface area contributed by atoms with E-state index in [-0.39, 0.29) is 30.0 Å². The van der Waals surface area contributed by atoms with Gasteiger partial charge in [-0.3, -0.25) is 4.99 Å². The molecule has 0 amide bonds. The molecule has 0 saturated heterocycles. The second-order valence-corrected chi connectivity index (χ2v) is 6.27. The van der Waals surface area contributed by atoms with Crippen molar-refractivity contribution in [2.24, 2.45) is 4.99 Å². The van der Waals surface area contributed by atoms with Crippen LogP contribution in [-0.2, 0) is 6.54 Å². The maximum Gasteiger partial charge on any atom is 0.191 e. The van der Waals surface area contributed by atoms with Gasteiger partial charge in [0.2, 0.25) is 0 Å². The first-order chi connectivity index (χ1) is 9.99. The number of furan rings is 1. The number of aromatic nitrogens is 1. The SMILES string of the molecule is CN=C(NCc1sc(C)nc1C)NC(C)c1ccc(C)o1.I. The molecule has 0 radical (unpaired) electrons. The topological polar surface area (TPSA) is 62.5 Å². The molecule has 2 N–H and O–H groups in total. The molecule has 122 valence electrons. The van der Waals surface area contributed by atoms with Gasteiger partial charge in [-0.1, -0.05) is 0 Å². The number of hydrogen-bond donors (Lipinski definition) is 2. The van der Waals surface area contributed by atoms with Gasteiger partial charge >= 0.3 is 0 Å². The highest BCUT2D eigenvalue weighted by molar-refractivity contribution is 14.0. The summed E-state index contributed by atoms with van der Waals surface area (Å²) < 4.78 is 5.62. The van der Waals surface area contributed by atoms with E-state index in [4.69, 9.17) is 4.42 Å². The molecule has 2 rings (SSSR count). The third-order valence-electron chi connectivity index (χ3n) is 3.18. The number of nitrogens with one attached hydrogen (secondary N) is 2. The van der Waals surface area contributed by atoms with Crippen LogP contribution in [0.5, 0.6) is 0 Å². The van der Waals surface area contributed by atoms with E-state index in [1.807, 2.05) is 39.8 Å². The Kier molecular flexibility index (Phi) is 7.34. The van der Waals surface area contributed by atoms with E-state index in [9.17, 15) is 0 Å². The molecule has 0 aliphatic heterocycles. The quantitative estimate of drug-likeness (QED) is 0.438. The summed E-state index contributed by atoms with van der Waals surface area (Å²) in [6.45, 7) is 8.77. The fourth-order valence-electron chi connectivity index (χ4n) is 2.06. The smallest absolute Gasteiger partial charge is 0.191 e. The molecule has 0 aromatic carbocycles. The molecule has 0 fully saturated rings. The van der Waals surface area contributed by atoms with Gasteiger partial charge in [-0.05, 0) is 39.8 Å². The Labute approximate surface area is 152 Å². The van der Waals surface area contributed by atoms with Crippen LogP contribution in [-0.4, -0.2) is 18.0 Å². The zero-order valence-corrected chi connectivity index (χ0v) is 16.7. The standard InChI is InChI=1S/C15H22N4OS.HI/c1-9-6-7-13(20-9)10(2)19-15(16-5)17-8-14-11(3)18-12(4)21-14;/h6-7,10H,8H2,1-5H3,(H2,16,17,19);1H. The molecule has 0 aliphatic rings. The predicted molar refractivity (Wildman–Crippen MR) is 102 cm³/mol. The summed E-state index contributed by atoms with van der Waals surface area (Å²) in [7, 11) is 1.76. The first-order valence-electron chi connectivity index (χ1n) is 6.96. The molecule has 1 unspecified atom stereocenters. The molecule has 2 heterocycles. The van der Waals surface area contributed by atoms with Gasteiger partial charge in [0.1, 0.15) is 11.5 Å². The van der Waals surface area contributed by atoms with E-state index in [0.717, 1.165) is 34.7 Å². The van der Waals surface area contributed by atoms with Crippen LogP contribution >= 0.6 is 35.3 Å². The summed E-state index contributed by atoms with van der Waals surface area (Å²) in [5.74, 6) is 2.57. The lowest BCUT2D eigenvalue weighted by molar-refractivity contribution is 0.441. The Morgan fingerprint density at radius 1 is 1.36 bits per heavy atom. The highest BCUT2D eigenvalue weighted by atomic mass is 127. The number of halogens is 1. The number of aryl methyl sites for hydroxylation is 3. The highest BCUT2D eigenvalue weighted by Gasteiger charge is 2.12. The van der Waals surface area contributed by atoms with Crippen LogP contribution in [0.4, 0.5) is 0 Å². The number of thiazole rings is 1. The molecule has 0 saturated carbocycles. The summed E-state index contributed by atoms with van der Waals surface area (Å²) >= 11 is 1.71. The number of nitrogens with zero attached hydrogens (tertiary/aromatic N) is 2. The lowest BCUT2D eigenvalue weighted by Crippen LogP contribution is -2.38. The maximum absolute atomic E-state index is 5.62. The molecule has 0 aliphatic carbocycles. The molecule has 0 bridgehead atoms. The van der Waals surface area contributed by atoms with E-state index in [2.05, 4.69) is 20.6 Å². The van der Waals surface area contributed by atoms with Crippen molar-refractivity contribution in [2.75, 3.05) is 7.05 Å². The second-order valence-electron chi connectivity index (χ2n) is 4.98. The van der Waals surface area contributed by atoms with Gasteiger partial charge in [0, 0.05) is 11.9 Å². The summed E-state index contributed by atoms with van der Waals surface area (Å²) in [4.78, 5) is 9.91. The summed E-state index contributed by atoms with van der Waals surface area (Å²) in [6, 6.07) is 4.01. The second kappa shape index (κ2) is 8.52. The molecule has 2 aromatic heterocycles. The molecule has 7 heteroatoms. The monoisotopic (exact) mass is 434 g/mol. The zero-order valence-electron chi connectivity index (χ0n) is 13.6. The fraction of sp³-hybridized carbons (Fsp3) is 0.467. The Bertz CT molecular complexity index is 635. The van der Waals surface area contributed by atoms with Gasteiger partial charge in [-0.25, -0.2) is 4.98 Å². The first-order valence-corrected chi connectivity index (χ1v) is 7.77. The van der Waals surface area contributed by atoms with Crippen LogP contribution in [0.3, 0.4) is 0 Å². The average Bonchev–Trinajstić information content (AvgIpc) is 3.00. The van der Waals surface area contributed by atoms with Gasteiger partial charge in [-0.15, -0.1) is 35.3 Å². The molecule has 1 atom stereocenters. The normalized spacial score (nSPS) is 12.7. The van der Waals surface area contributed by atoms with Crippen LogP contribution < -0.4 is 10.6 Å². The van der Waals surface area contributed by atoms with Gasteiger partial charge in [-0.2, -0.15) is 0 Å². The van der Waals surface area contributed by atoms with Crippen molar-refractivity contribution in [3.63, 3.8) is 0 Å². The molecule has 5 nitrogen and oxygen atoms in total. The van der Waals surface area contributed by atoms with Crippen molar-refractivity contribution in [2.45, 2.75) is 40.3 Å². The van der Waals surface area contributed by atoms with Gasteiger partial charge in [0.15, 0.2) is 5.96 Å². The van der Waals surface area contributed by atoms with Crippen LogP contribution in [0.25, 0.3) is 0 Å². The largest absolute Gasteiger partial charge is 0.464 e.